The van der Waals surface area contributed by atoms with Crippen molar-refractivity contribution in [3.8, 4) is 0 Å². The summed E-state index contributed by atoms with van der Waals surface area (Å²) >= 11 is 6.87. The lowest BCUT2D eigenvalue weighted by Crippen LogP contribution is -2.56. The van der Waals surface area contributed by atoms with E-state index in [1.54, 1.807) is 0 Å². The van der Waals surface area contributed by atoms with E-state index in [-0.39, 0.29) is 11.8 Å². The first-order valence-corrected chi connectivity index (χ1v) is 25.2. The van der Waals surface area contributed by atoms with Gasteiger partial charge in [0.2, 0.25) is 0 Å². The minimum atomic E-state index is -1.39. The Morgan fingerprint density at radius 2 is 1.03 bits per heavy atom. The van der Waals surface area contributed by atoms with Crippen LogP contribution in [0, 0.1) is 13.8 Å². The molecule has 0 aromatic heterocycles. The van der Waals surface area contributed by atoms with Crippen LogP contribution in [0.2, 0.25) is 0 Å². The quantitative estimate of drug-likeness (QED) is 0.0756. The molecule has 4 nitrogen and oxygen atoms in total. The normalized spacial score (nSPS) is 19.7. The number of nitrogens with one attached hydrogen (secondary N) is 1. The van der Waals surface area contributed by atoms with Crippen LogP contribution in [0.15, 0.2) is 179 Å². The minimum Gasteiger partial charge on any atom is -0.362 e. The summed E-state index contributed by atoms with van der Waals surface area (Å²) in [6, 6.07) is 53.0. The van der Waals surface area contributed by atoms with E-state index in [4.69, 9.17) is 21.6 Å². The van der Waals surface area contributed by atoms with E-state index >= 15 is 0 Å². The van der Waals surface area contributed by atoms with Crippen molar-refractivity contribution in [2.75, 3.05) is 0 Å². The van der Waals surface area contributed by atoms with Crippen molar-refractivity contribution in [2.24, 2.45) is 9.98 Å². The molecule has 6 aromatic rings. The van der Waals surface area contributed by atoms with Crippen molar-refractivity contribution in [3.05, 3.63) is 225 Å². The van der Waals surface area contributed by atoms with Crippen LogP contribution in [0.4, 0.5) is 11.4 Å². The van der Waals surface area contributed by atoms with Gasteiger partial charge in [0, 0.05) is 11.8 Å². The summed E-state index contributed by atoms with van der Waals surface area (Å²) in [5.41, 5.74) is 16.4. The number of allylic oxidation sites excluding steroid dienone is 3. The lowest BCUT2D eigenvalue weighted by atomic mass is 9.80. The van der Waals surface area contributed by atoms with Crippen LogP contribution in [-0.2, 0) is 4.79 Å². The highest BCUT2D eigenvalue weighted by Crippen LogP contribution is 2.47. The van der Waals surface area contributed by atoms with E-state index in [1.807, 2.05) is 13.0 Å². The minimum absolute atomic E-state index is 0.0102. The summed E-state index contributed by atoms with van der Waals surface area (Å²) in [6.45, 7) is 6.38. The molecule has 1 unspecified atom stereocenters. The molecule has 1 heterocycles. The van der Waals surface area contributed by atoms with Gasteiger partial charge in [0.15, 0.2) is 5.54 Å². The standard InChI is InChI=1S/C62H62ClN3O/c1-41-37-51(44-21-16-17-22-44)39-53(56(46-25-8-4-9-26-46)47-27-10-5-11-28-47)58(41)64-43(3)62(61(63)67)36-35-50-33-20-34-55(60(50)66-62)65-59-42(2)38-52(45-23-18-19-24-45)40-54(59)57(48-29-12-6-13-30-48)49-31-14-7-15-32-49/h4-15,25-32,35-40,44-45,56-57,66H,16-24,33-34H2,1-3H3. The van der Waals surface area contributed by atoms with Crippen molar-refractivity contribution in [1.29, 1.82) is 0 Å². The maximum absolute atomic E-state index is 14.2. The van der Waals surface area contributed by atoms with Crippen molar-refractivity contribution >= 4 is 39.6 Å². The third-order valence-corrected chi connectivity index (χ3v) is 15.5. The molecule has 0 saturated heterocycles. The maximum Gasteiger partial charge on any atom is 0.257 e. The number of nitrogens with zero attached hydrogens (tertiary/aromatic N) is 2. The van der Waals surface area contributed by atoms with Crippen LogP contribution >= 0.6 is 11.6 Å². The third kappa shape index (κ3) is 9.06. The molecule has 67 heavy (non-hydrogen) atoms. The number of carbonyl (C=O) groups is 1. The molecule has 338 valence electrons. The largest absolute Gasteiger partial charge is 0.362 e. The SMILES string of the molecule is CC(=Nc1c(C)cc(C2CCCC2)cc1C(c1ccccc1)c1ccccc1)C1(C(=O)Cl)C=CC2=C(N1)C(=Nc1c(C)cc(C3CCCC3)cc1C(c1ccccc1)c1ccccc1)CCC2. The first kappa shape index (κ1) is 44.7. The summed E-state index contributed by atoms with van der Waals surface area (Å²) in [5, 5.41) is 3.27. The third-order valence-electron chi connectivity index (χ3n) is 15.2. The lowest BCUT2D eigenvalue weighted by molar-refractivity contribution is -0.113. The molecule has 2 saturated carbocycles. The Hall–Kier alpha value is -6.10. The van der Waals surface area contributed by atoms with Crippen molar-refractivity contribution in [2.45, 2.75) is 121 Å². The molecule has 6 aromatic carbocycles. The number of benzene rings is 6. The number of aryl methyl sites for hydroxylation is 2. The van der Waals surface area contributed by atoms with E-state index in [0.717, 1.165) is 58.7 Å². The molecule has 1 atom stereocenters. The fraction of sp³-hybridized carbons (Fsp3) is 0.306. The first-order chi connectivity index (χ1) is 32.8. The average Bonchev–Trinajstić information content (AvgIpc) is 4.12. The second-order valence-electron chi connectivity index (χ2n) is 19.6. The molecule has 0 spiro atoms. The van der Waals surface area contributed by atoms with Crippen LogP contribution in [0.1, 0.15) is 157 Å². The van der Waals surface area contributed by atoms with Gasteiger partial charge in [-0.1, -0.05) is 177 Å². The van der Waals surface area contributed by atoms with Gasteiger partial charge < -0.3 is 5.32 Å². The van der Waals surface area contributed by atoms with Gasteiger partial charge >= 0.3 is 0 Å². The molecule has 5 heteroatoms. The van der Waals surface area contributed by atoms with Gasteiger partial charge in [-0.05, 0) is 156 Å². The number of hydrogen-bond acceptors (Lipinski definition) is 4. The number of halogens is 1. The second-order valence-corrected chi connectivity index (χ2v) is 19.9. The number of hydrogen-bond donors (Lipinski definition) is 1. The summed E-state index contributed by atoms with van der Waals surface area (Å²) in [4.78, 5) is 25.6. The molecule has 0 amide bonds. The van der Waals surface area contributed by atoms with Gasteiger partial charge in [0.1, 0.15) is 0 Å². The highest BCUT2D eigenvalue weighted by Gasteiger charge is 2.43. The summed E-state index contributed by atoms with van der Waals surface area (Å²) < 4.78 is 0. The van der Waals surface area contributed by atoms with Crippen LogP contribution in [0.3, 0.4) is 0 Å². The van der Waals surface area contributed by atoms with E-state index in [0.29, 0.717) is 17.5 Å². The van der Waals surface area contributed by atoms with Gasteiger partial charge in [0.05, 0.1) is 28.5 Å². The average molecular weight is 901 g/mol. The summed E-state index contributed by atoms with van der Waals surface area (Å²) in [6.07, 6.45) is 16.6. The fourth-order valence-corrected chi connectivity index (χ4v) is 12.0. The van der Waals surface area contributed by atoms with Crippen LogP contribution in [-0.4, -0.2) is 22.2 Å². The number of rotatable bonds is 12. The van der Waals surface area contributed by atoms with E-state index in [2.05, 4.69) is 171 Å². The highest BCUT2D eigenvalue weighted by atomic mass is 35.5. The molecule has 0 radical (unpaired) electrons. The van der Waals surface area contributed by atoms with Gasteiger partial charge in [-0.25, -0.2) is 0 Å². The van der Waals surface area contributed by atoms with Crippen LogP contribution in [0.5, 0.6) is 0 Å². The zero-order chi connectivity index (χ0) is 45.9. The van der Waals surface area contributed by atoms with E-state index < -0.39 is 10.8 Å². The van der Waals surface area contributed by atoms with Crippen LogP contribution < -0.4 is 5.32 Å². The molecule has 1 N–H and O–H groups in total. The summed E-state index contributed by atoms with van der Waals surface area (Å²) in [5.74, 6) is 1.00. The molecule has 4 aliphatic rings. The number of dihydropyridines is 1. The Labute approximate surface area is 403 Å². The molecule has 2 fully saturated rings. The van der Waals surface area contributed by atoms with E-state index in [1.165, 1.54) is 95.9 Å². The Morgan fingerprint density at radius 3 is 1.48 bits per heavy atom. The van der Waals surface area contributed by atoms with E-state index in [9.17, 15) is 4.79 Å². The Kier molecular flexibility index (Phi) is 13.1. The Morgan fingerprint density at radius 1 is 0.597 bits per heavy atom. The predicted molar refractivity (Wildman–Crippen MR) is 279 cm³/mol. The lowest BCUT2D eigenvalue weighted by Gasteiger charge is -2.37. The molecule has 10 rings (SSSR count). The molecular weight excluding hydrogens is 838 g/mol. The van der Waals surface area contributed by atoms with Crippen LogP contribution in [0.25, 0.3) is 0 Å². The van der Waals surface area contributed by atoms with Crippen molar-refractivity contribution in [3.63, 3.8) is 0 Å². The maximum atomic E-state index is 14.2. The van der Waals surface area contributed by atoms with Crippen molar-refractivity contribution in [1.82, 2.24) is 5.32 Å². The zero-order valence-corrected chi connectivity index (χ0v) is 40.0. The fourth-order valence-electron chi connectivity index (χ4n) is 11.7. The number of carbonyl (C=O) groups excluding carboxylic acids is 1. The Bertz CT molecular complexity index is 2790. The monoisotopic (exact) mass is 899 g/mol. The molecule has 0 bridgehead atoms. The van der Waals surface area contributed by atoms with Gasteiger partial charge in [-0.3, -0.25) is 14.8 Å². The summed E-state index contributed by atoms with van der Waals surface area (Å²) in [7, 11) is 0. The van der Waals surface area contributed by atoms with Gasteiger partial charge in [0.25, 0.3) is 5.24 Å². The first-order valence-electron chi connectivity index (χ1n) is 24.8. The topological polar surface area (TPSA) is 53.8 Å². The molecule has 1 aliphatic heterocycles. The smallest absolute Gasteiger partial charge is 0.257 e. The van der Waals surface area contributed by atoms with Gasteiger partial charge in [-0.15, -0.1) is 0 Å². The Balaban J connectivity index is 1.10. The molecule has 3 aliphatic carbocycles. The predicted octanol–water partition coefficient (Wildman–Crippen LogP) is 15.9. The van der Waals surface area contributed by atoms with Crippen molar-refractivity contribution < 1.29 is 4.79 Å². The highest BCUT2D eigenvalue weighted by molar-refractivity contribution is 6.68. The molecular formula is C62H62ClN3O. The zero-order valence-electron chi connectivity index (χ0n) is 39.3. The van der Waals surface area contributed by atoms with Gasteiger partial charge in [-0.2, -0.15) is 0 Å². The second kappa shape index (κ2) is 19.6. The number of aliphatic imine (C=N–C) groups is 2.